The number of rotatable bonds is 6. The Labute approximate surface area is 125 Å². The summed E-state index contributed by atoms with van der Waals surface area (Å²) in [5, 5.41) is 22.1. The van der Waals surface area contributed by atoms with E-state index in [4.69, 9.17) is 5.11 Å². The Morgan fingerprint density at radius 1 is 1.50 bits per heavy atom. The van der Waals surface area contributed by atoms with Crippen LogP contribution in [0.25, 0.3) is 10.7 Å². The van der Waals surface area contributed by atoms with Crippen LogP contribution < -0.4 is 0 Å². The fourth-order valence-electron chi connectivity index (χ4n) is 1.70. The third-order valence-electron chi connectivity index (χ3n) is 2.38. The van der Waals surface area contributed by atoms with Crippen molar-refractivity contribution < 1.29 is 9.90 Å². The van der Waals surface area contributed by atoms with E-state index in [1.165, 1.54) is 23.1 Å². The highest BCUT2D eigenvalue weighted by Crippen LogP contribution is 2.30. The first-order valence-corrected chi connectivity index (χ1v) is 7.99. The van der Waals surface area contributed by atoms with Gasteiger partial charge in [0.15, 0.2) is 9.35 Å². The zero-order valence-corrected chi connectivity index (χ0v) is 13.2. The number of aryl methyl sites for hydroxylation is 1. The number of hydrogen-bond acceptors (Lipinski definition) is 6. The summed E-state index contributed by atoms with van der Waals surface area (Å²) >= 11 is 2.59. The molecule has 0 radical (unpaired) electrons. The fraction of sp³-hybridized carbons (Fsp3) is 0.500. The predicted octanol–water partition coefficient (Wildman–Crippen LogP) is 2.54. The Balaban J connectivity index is 2.21. The van der Waals surface area contributed by atoms with E-state index >= 15 is 0 Å². The number of nitrogens with zero attached hydrogens (tertiary/aromatic N) is 4. The van der Waals surface area contributed by atoms with Crippen molar-refractivity contribution in [3.63, 3.8) is 0 Å². The molecule has 0 saturated carbocycles. The zero-order valence-electron chi connectivity index (χ0n) is 11.5. The van der Waals surface area contributed by atoms with Crippen molar-refractivity contribution in [1.82, 2.24) is 20.0 Å². The molecule has 0 unspecified atom stereocenters. The van der Waals surface area contributed by atoms with Gasteiger partial charge >= 0.3 is 5.97 Å². The second-order valence-corrected chi connectivity index (χ2v) is 7.00. The molecule has 1 N–H and O–H groups in total. The third kappa shape index (κ3) is 3.80. The van der Waals surface area contributed by atoms with E-state index in [0.29, 0.717) is 10.3 Å². The molecule has 0 bridgehead atoms. The molecule has 108 valence electrons. The number of hydrogen-bond donors (Lipinski definition) is 1. The topological polar surface area (TPSA) is 80.9 Å². The first-order chi connectivity index (χ1) is 9.45. The lowest BCUT2D eigenvalue weighted by Gasteiger charge is -2.07. The first-order valence-electron chi connectivity index (χ1n) is 6.18. The fourth-order valence-corrected chi connectivity index (χ4v) is 3.29. The molecular weight excluding hydrogens is 296 g/mol. The third-order valence-corrected chi connectivity index (χ3v) is 4.45. The van der Waals surface area contributed by atoms with Gasteiger partial charge in [0.05, 0.1) is 17.1 Å². The van der Waals surface area contributed by atoms with Crippen LogP contribution in [0.15, 0.2) is 10.4 Å². The van der Waals surface area contributed by atoms with Gasteiger partial charge in [-0.05, 0) is 18.9 Å². The molecule has 2 aromatic heterocycles. The van der Waals surface area contributed by atoms with Crippen LogP contribution in [0.5, 0.6) is 0 Å². The van der Waals surface area contributed by atoms with Crippen molar-refractivity contribution in [1.29, 1.82) is 0 Å². The van der Waals surface area contributed by atoms with Gasteiger partial charge in [-0.3, -0.25) is 9.48 Å². The monoisotopic (exact) mass is 312 g/mol. The molecule has 0 aliphatic heterocycles. The molecule has 0 spiro atoms. The summed E-state index contributed by atoms with van der Waals surface area (Å²) in [5.74, 6) is -0.367. The molecule has 0 aromatic carbocycles. The van der Waals surface area contributed by atoms with E-state index < -0.39 is 5.97 Å². The molecule has 0 saturated heterocycles. The Hall–Kier alpha value is -1.41. The number of carboxylic acids is 1. The summed E-state index contributed by atoms with van der Waals surface area (Å²) in [6, 6.07) is 1.98. The second kappa shape index (κ2) is 6.36. The maximum atomic E-state index is 10.5. The second-order valence-electron chi connectivity index (χ2n) is 4.80. The van der Waals surface area contributed by atoms with E-state index in [-0.39, 0.29) is 5.75 Å². The van der Waals surface area contributed by atoms with Crippen LogP contribution in [0.3, 0.4) is 0 Å². The smallest absolute Gasteiger partial charge is 0.313 e. The van der Waals surface area contributed by atoms with Gasteiger partial charge in [-0.15, -0.1) is 10.2 Å². The van der Waals surface area contributed by atoms with E-state index in [0.717, 1.165) is 22.9 Å². The summed E-state index contributed by atoms with van der Waals surface area (Å²) in [7, 11) is 0. The largest absolute Gasteiger partial charge is 0.481 e. The molecule has 0 fully saturated rings. The van der Waals surface area contributed by atoms with Gasteiger partial charge in [-0.25, -0.2) is 0 Å². The Morgan fingerprint density at radius 3 is 2.90 bits per heavy atom. The van der Waals surface area contributed by atoms with Gasteiger partial charge in [-0.2, -0.15) is 5.10 Å². The number of thioether (sulfide) groups is 1. The van der Waals surface area contributed by atoms with Gasteiger partial charge in [0, 0.05) is 6.54 Å². The van der Waals surface area contributed by atoms with Gasteiger partial charge in [0.1, 0.15) is 0 Å². The van der Waals surface area contributed by atoms with Gasteiger partial charge in [0.25, 0.3) is 0 Å². The van der Waals surface area contributed by atoms with Crippen LogP contribution in [-0.2, 0) is 11.3 Å². The number of carboxylic acid groups (broad SMARTS) is 1. The van der Waals surface area contributed by atoms with Gasteiger partial charge in [0.2, 0.25) is 0 Å². The van der Waals surface area contributed by atoms with Crippen LogP contribution in [0.2, 0.25) is 0 Å². The van der Waals surface area contributed by atoms with Crippen LogP contribution in [-0.4, -0.2) is 36.8 Å². The highest BCUT2D eigenvalue weighted by Gasteiger charge is 2.15. The minimum Gasteiger partial charge on any atom is -0.481 e. The Morgan fingerprint density at radius 2 is 2.25 bits per heavy atom. The van der Waals surface area contributed by atoms with Crippen molar-refractivity contribution in [3.05, 3.63) is 11.8 Å². The van der Waals surface area contributed by atoms with Gasteiger partial charge in [-0.1, -0.05) is 36.9 Å². The molecule has 0 aliphatic rings. The molecule has 2 heterocycles. The molecule has 0 amide bonds. The molecule has 6 nitrogen and oxygen atoms in total. The Bertz CT molecular complexity index is 606. The average molecular weight is 312 g/mol. The maximum Gasteiger partial charge on any atom is 0.313 e. The molecule has 2 aromatic rings. The van der Waals surface area contributed by atoms with Crippen LogP contribution in [0.4, 0.5) is 0 Å². The minimum atomic E-state index is -0.854. The van der Waals surface area contributed by atoms with E-state index in [1.807, 2.05) is 17.7 Å². The van der Waals surface area contributed by atoms with Crippen molar-refractivity contribution in [2.24, 2.45) is 5.92 Å². The average Bonchev–Trinajstić information content (AvgIpc) is 2.92. The lowest BCUT2D eigenvalue weighted by atomic mass is 10.2. The summed E-state index contributed by atoms with van der Waals surface area (Å²) in [6.45, 7) is 7.03. The Kier molecular flexibility index (Phi) is 4.77. The summed E-state index contributed by atoms with van der Waals surface area (Å²) in [5.41, 5.74) is 1.88. The van der Waals surface area contributed by atoms with Crippen molar-refractivity contribution >= 4 is 29.1 Å². The van der Waals surface area contributed by atoms with Crippen molar-refractivity contribution in [2.45, 2.75) is 31.7 Å². The highest BCUT2D eigenvalue weighted by atomic mass is 32.2. The summed E-state index contributed by atoms with van der Waals surface area (Å²) in [6.07, 6.45) is 0. The SMILES string of the molecule is Cc1cc(-c2nnc(SCC(=O)O)s2)n(CC(C)C)n1. The lowest BCUT2D eigenvalue weighted by Crippen LogP contribution is -2.07. The predicted molar refractivity (Wildman–Crippen MR) is 79.1 cm³/mol. The van der Waals surface area contributed by atoms with Crippen LogP contribution in [0, 0.1) is 12.8 Å². The van der Waals surface area contributed by atoms with Gasteiger partial charge < -0.3 is 5.11 Å². The van der Waals surface area contributed by atoms with E-state index in [1.54, 1.807) is 0 Å². The van der Waals surface area contributed by atoms with Crippen molar-refractivity contribution in [2.75, 3.05) is 5.75 Å². The molecule has 0 atom stereocenters. The maximum absolute atomic E-state index is 10.5. The molecule has 8 heteroatoms. The zero-order chi connectivity index (χ0) is 14.7. The van der Waals surface area contributed by atoms with Crippen LogP contribution in [0.1, 0.15) is 19.5 Å². The quantitative estimate of drug-likeness (QED) is 0.826. The van der Waals surface area contributed by atoms with E-state index in [9.17, 15) is 4.79 Å². The molecule has 20 heavy (non-hydrogen) atoms. The standard InChI is InChI=1S/C12H16N4O2S2/c1-7(2)5-16-9(4-8(3)15-16)11-13-14-12(20-11)19-6-10(17)18/h4,7H,5-6H2,1-3H3,(H,17,18). The number of aromatic nitrogens is 4. The summed E-state index contributed by atoms with van der Waals surface area (Å²) < 4.78 is 2.60. The van der Waals surface area contributed by atoms with Crippen LogP contribution >= 0.6 is 23.1 Å². The molecular formula is C12H16N4O2S2. The van der Waals surface area contributed by atoms with E-state index in [2.05, 4.69) is 29.1 Å². The first kappa shape index (κ1) is 15.0. The molecule has 2 rings (SSSR count). The highest BCUT2D eigenvalue weighted by molar-refractivity contribution is 8.01. The van der Waals surface area contributed by atoms with Crippen molar-refractivity contribution in [3.8, 4) is 10.7 Å². The number of carbonyl (C=O) groups is 1. The normalized spacial score (nSPS) is 11.2. The number of aliphatic carboxylic acids is 1. The molecule has 0 aliphatic carbocycles. The minimum absolute atomic E-state index is 0.00107. The summed E-state index contributed by atoms with van der Waals surface area (Å²) in [4.78, 5) is 10.5. The lowest BCUT2D eigenvalue weighted by molar-refractivity contribution is -0.133.